The summed E-state index contributed by atoms with van der Waals surface area (Å²) in [6.07, 6.45) is 0. The number of nitrogens with zero attached hydrogens (tertiary/aromatic N) is 2. The van der Waals surface area contributed by atoms with Gasteiger partial charge in [-0.2, -0.15) is 4.98 Å². The molecule has 3 aromatic rings. The van der Waals surface area contributed by atoms with Crippen LogP contribution in [0.2, 0.25) is 5.02 Å². The fourth-order valence-corrected chi connectivity index (χ4v) is 2.54. The minimum atomic E-state index is -0.531. The van der Waals surface area contributed by atoms with Crippen LogP contribution in [0.4, 0.5) is 0 Å². The summed E-state index contributed by atoms with van der Waals surface area (Å²) in [5.74, 6) is -0.119. The zero-order valence-electron chi connectivity index (χ0n) is 14.9. The SMILES string of the molecule is COc1cccc(C(=O)NCCNC(=O)c2nc(-c3cccc(Cl)c3)no2)c1. The summed E-state index contributed by atoms with van der Waals surface area (Å²) in [6, 6.07) is 13.7. The van der Waals surface area contributed by atoms with Crippen LogP contribution in [-0.2, 0) is 0 Å². The fraction of sp³-hybridized carbons (Fsp3) is 0.158. The van der Waals surface area contributed by atoms with Crippen LogP contribution in [0.1, 0.15) is 21.0 Å². The van der Waals surface area contributed by atoms with E-state index in [0.717, 1.165) is 0 Å². The van der Waals surface area contributed by atoms with Crippen molar-refractivity contribution in [1.82, 2.24) is 20.8 Å². The first-order chi connectivity index (χ1) is 13.6. The highest BCUT2D eigenvalue weighted by molar-refractivity contribution is 6.30. The normalized spacial score (nSPS) is 10.4. The van der Waals surface area contributed by atoms with Gasteiger partial charge in [-0.3, -0.25) is 9.59 Å². The van der Waals surface area contributed by atoms with E-state index >= 15 is 0 Å². The quantitative estimate of drug-likeness (QED) is 0.590. The number of carbonyl (C=O) groups excluding carboxylic acids is 2. The fourth-order valence-electron chi connectivity index (χ4n) is 2.35. The van der Waals surface area contributed by atoms with Crippen molar-refractivity contribution in [3.63, 3.8) is 0 Å². The molecule has 0 unspecified atom stereocenters. The van der Waals surface area contributed by atoms with Crippen LogP contribution in [0.15, 0.2) is 53.1 Å². The summed E-state index contributed by atoms with van der Waals surface area (Å²) in [6.45, 7) is 0.431. The zero-order valence-corrected chi connectivity index (χ0v) is 15.7. The van der Waals surface area contributed by atoms with Crippen LogP contribution in [0.3, 0.4) is 0 Å². The standard InChI is InChI=1S/C19H17ClN4O4/c1-27-15-7-3-5-13(11-15)17(25)21-8-9-22-18(26)19-23-16(24-28-19)12-4-2-6-14(20)10-12/h2-7,10-11H,8-9H2,1H3,(H,21,25)(H,22,26). The third-order valence-corrected chi connectivity index (χ3v) is 3.97. The lowest BCUT2D eigenvalue weighted by molar-refractivity contribution is 0.0898. The average molecular weight is 401 g/mol. The molecule has 0 fully saturated rings. The van der Waals surface area contributed by atoms with Crippen LogP contribution in [0.5, 0.6) is 5.75 Å². The molecule has 0 atom stereocenters. The zero-order chi connectivity index (χ0) is 19.9. The highest BCUT2D eigenvalue weighted by Gasteiger charge is 2.16. The Morgan fingerprint density at radius 1 is 1.07 bits per heavy atom. The lowest BCUT2D eigenvalue weighted by Crippen LogP contribution is -2.34. The monoisotopic (exact) mass is 400 g/mol. The molecular formula is C19H17ClN4O4. The molecule has 0 saturated carbocycles. The third kappa shape index (κ3) is 4.86. The maximum atomic E-state index is 12.1. The Bertz CT molecular complexity index is 989. The molecule has 0 spiro atoms. The number of methoxy groups -OCH3 is 1. The lowest BCUT2D eigenvalue weighted by atomic mass is 10.2. The minimum Gasteiger partial charge on any atom is -0.497 e. The van der Waals surface area contributed by atoms with Gasteiger partial charge in [0, 0.05) is 29.2 Å². The van der Waals surface area contributed by atoms with E-state index < -0.39 is 5.91 Å². The molecule has 0 aliphatic carbocycles. The smallest absolute Gasteiger partial charge is 0.316 e. The lowest BCUT2D eigenvalue weighted by Gasteiger charge is -2.07. The summed E-state index contributed by atoms with van der Waals surface area (Å²) in [7, 11) is 1.53. The number of rotatable bonds is 7. The summed E-state index contributed by atoms with van der Waals surface area (Å²) in [5, 5.41) is 9.61. The molecule has 8 nitrogen and oxygen atoms in total. The van der Waals surface area contributed by atoms with E-state index in [0.29, 0.717) is 21.9 Å². The summed E-state index contributed by atoms with van der Waals surface area (Å²) in [4.78, 5) is 28.2. The number of hydrogen-bond donors (Lipinski definition) is 2. The maximum absolute atomic E-state index is 12.1. The Morgan fingerprint density at radius 2 is 1.82 bits per heavy atom. The van der Waals surface area contributed by atoms with Gasteiger partial charge in [0.25, 0.3) is 5.91 Å². The maximum Gasteiger partial charge on any atom is 0.316 e. The van der Waals surface area contributed by atoms with Crippen molar-refractivity contribution in [3.8, 4) is 17.1 Å². The van der Waals surface area contributed by atoms with Gasteiger partial charge < -0.3 is 19.9 Å². The first kappa shape index (κ1) is 19.4. The summed E-state index contributed by atoms with van der Waals surface area (Å²) >= 11 is 5.93. The number of halogens is 1. The van der Waals surface area contributed by atoms with Gasteiger partial charge in [-0.25, -0.2) is 0 Å². The first-order valence-electron chi connectivity index (χ1n) is 8.37. The van der Waals surface area contributed by atoms with Crippen LogP contribution < -0.4 is 15.4 Å². The Kier molecular flexibility index (Phi) is 6.23. The van der Waals surface area contributed by atoms with E-state index in [2.05, 4.69) is 20.8 Å². The van der Waals surface area contributed by atoms with Crippen LogP contribution in [0.25, 0.3) is 11.4 Å². The van der Waals surface area contributed by atoms with Gasteiger partial charge in [-0.05, 0) is 30.3 Å². The van der Waals surface area contributed by atoms with Gasteiger partial charge in [0.05, 0.1) is 7.11 Å². The van der Waals surface area contributed by atoms with E-state index in [1.807, 2.05) is 0 Å². The van der Waals surface area contributed by atoms with Crippen LogP contribution in [-0.4, -0.2) is 42.2 Å². The molecule has 0 bridgehead atoms. The van der Waals surface area contributed by atoms with Crippen molar-refractivity contribution in [2.75, 3.05) is 20.2 Å². The molecule has 0 radical (unpaired) electrons. The molecule has 2 aromatic carbocycles. The first-order valence-corrected chi connectivity index (χ1v) is 8.74. The second-order valence-corrected chi connectivity index (χ2v) is 6.11. The number of benzene rings is 2. The predicted octanol–water partition coefficient (Wildman–Crippen LogP) is 2.56. The van der Waals surface area contributed by atoms with Gasteiger partial charge in [0.15, 0.2) is 0 Å². The highest BCUT2D eigenvalue weighted by atomic mass is 35.5. The molecule has 0 aliphatic heterocycles. The second kappa shape index (κ2) is 9.01. The molecule has 1 aromatic heterocycles. The molecular weight excluding hydrogens is 384 g/mol. The Morgan fingerprint density at radius 3 is 2.57 bits per heavy atom. The summed E-state index contributed by atoms with van der Waals surface area (Å²) < 4.78 is 10.1. The highest BCUT2D eigenvalue weighted by Crippen LogP contribution is 2.19. The molecule has 2 amide bonds. The molecule has 0 aliphatic rings. The molecule has 9 heteroatoms. The van der Waals surface area contributed by atoms with Gasteiger partial charge in [0.2, 0.25) is 5.82 Å². The van der Waals surface area contributed by atoms with Gasteiger partial charge in [-0.1, -0.05) is 35.0 Å². The van der Waals surface area contributed by atoms with Crippen LogP contribution >= 0.6 is 11.6 Å². The Hall–Kier alpha value is -3.39. The van der Waals surface area contributed by atoms with Crippen molar-refractivity contribution < 1.29 is 18.8 Å². The van der Waals surface area contributed by atoms with Gasteiger partial charge in [-0.15, -0.1) is 0 Å². The predicted molar refractivity (Wildman–Crippen MR) is 102 cm³/mol. The number of aromatic nitrogens is 2. The summed E-state index contributed by atoms with van der Waals surface area (Å²) in [5.41, 5.74) is 1.11. The average Bonchev–Trinajstić information content (AvgIpc) is 3.21. The largest absolute Gasteiger partial charge is 0.497 e. The number of hydrogen-bond acceptors (Lipinski definition) is 6. The number of nitrogens with one attached hydrogen (secondary N) is 2. The number of ether oxygens (including phenoxy) is 1. The van der Waals surface area contributed by atoms with E-state index in [1.54, 1.807) is 48.5 Å². The topological polar surface area (TPSA) is 106 Å². The van der Waals surface area contributed by atoms with Crippen molar-refractivity contribution in [1.29, 1.82) is 0 Å². The Labute approximate surface area is 165 Å². The second-order valence-electron chi connectivity index (χ2n) is 5.68. The minimum absolute atomic E-state index is 0.172. The molecule has 3 rings (SSSR count). The molecule has 1 heterocycles. The number of amides is 2. The third-order valence-electron chi connectivity index (χ3n) is 3.73. The van der Waals surface area contributed by atoms with Gasteiger partial charge >= 0.3 is 11.8 Å². The molecule has 28 heavy (non-hydrogen) atoms. The Balaban J connectivity index is 1.49. The van der Waals surface area contributed by atoms with Gasteiger partial charge in [0.1, 0.15) is 5.75 Å². The van der Waals surface area contributed by atoms with E-state index in [1.165, 1.54) is 7.11 Å². The van der Waals surface area contributed by atoms with E-state index in [9.17, 15) is 9.59 Å². The van der Waals surface area contributed by atoms with Crippen molar-refractivity contribution >= 4 is 23.4 Å². The number of carbonyl (C=O) groups is 2. The molecule has 0 saturated heterocycles. The van der Waals surface area contributed by atoms with Crippen molar-refractivity contribution in [2.45, 2.75) is 0 Å². The van der Waals surface area contributed by atoms with Crippen molar-refractivity contribution in [3.05, 3.63) is 65.0 Å². The van der Waals surface area contributed by atoms with E-state index in [-0.39, 0.29) is 30.7 Å². The van der Waals surface area contributed by atoms with Crippen molar-refractivity contribution in [2.24, 2.45) is 0 Å². The molecule has 144 valence electrons. The van der Waals surface area contributed by atoms with E-state index in [4.69, 9.17) is 20.9 Å². The molecule has 2 N–H and O–H groups in total. The van der Waals surface area contributed by atoms with Crippen LogP contribution in [0, 0.1) is 0 Å².